The standard InChI is InChI=1S/C16H13ClN2O3S2/c1-10-2-5-12(6-3-10)24(21,22)9-15(20)19-16-18-13-7-4-11(17)8-14(13)23-16/h2-8H,9H2,1H3,(H,18,19,20). The molecule has 8 heteroatoms. The van der Waals surface area contributed by atoms with Crippen molar-refractivity contribution in [1.82, 2.24) is 4.98 Å². The second kappa shape index (κ2) is 6.51. The number of amides is 1. The van der Waals surface area contributed by atoms with Crippen molar-refractivity contribution < 1.29 is 13.2 Å². The summed E-state index contributed by atoms with van der Waals surface area (Å²) in [5.74, 6) is -1.26. The number of carbonyl (C=O) groups is 1. The normalized spacial score (nSPS) is 11.6. The smallest absolute Gasteiger partial charge is 0.241 e. The van der Waals surface area contributed by atoms with E-state index >= 15 is 0 Å². The van der Waals surface area contributed by atoms with E-state index < -0.39 is 21.5 Å². The SMILES string of the molecule is Cc1ccc(S(=O)(=O)CC(=O)Nc2nc3ccc(Cl)cc3s2)cc1. The van der Waals surface area contributed by atoms with Gasteiger partial charge in [-0.15, -0.1) is 0 Å². The Labute approximate surface area is 148 Å². The zero-order chi connectivity index (χ0) is 17.3. The molecule has 0 atom stereocenters. The highest BCUT2D eigenvalue weighted by Crippen LogP contribution is 2.28. The molecule has 124 valence electrons. The number of sulfone groups is 1. The number of hydrogen-bond donors (Lipinski definition) is 1. The van der Waals surface area contributed by atoms with Gasteiger partial charge in [-0.05, 0) is 37.3 Å². The maximum atomic E-state index is 12.3. The highest BCUT2D eigenvalue weighted by atomic mass is 35.5. The molecule has 3 aromatic rings. The first-order valence-corrected chi connectivity index (χ1v) is 9.83. The second-order valence-electron chi connectivity index (χ2n) is 5.25. The van der Waals surface area contributed by atoms with Crippen LogP contribution in [-0.4, -0.2) is 25.1 Å². The zero-order valence-electron chi connectivity index (χ0n) is 12.6. The summed E-state index contributed by atoms with van der Waals surface area (Å²) in [6, 6.07) is 11.6. The summed E-state index contributed by atoms with van der Waals surface area (Å²) in [6.07, 6.45) is 0. The molecule has 0 saturated heterocycles. The van der Waals surface area contributed by atoms with Gasteiger partial charge in [0.1, 0.15) is 5.75 Å². The average Bonchev–Trinajstić information content (AvgIpc) is 2.88. The lowest BCUT2D eigenvalue weighted by atomic mass is 10.2. The number of rotatable bonds is 4. The van der Waals surface area contributed by atoms with Gasteiger partial charge in [0.15, 0.2) is 15.0 Å². The van der Waals surface area contributed by atoms with Crippen LogP contribution in [0.2, 0.25) is 5.02 Å². The fraction of sp³-hybridized carbons (Fsp3) is 0.125. The van der Waals surface area contributed by atoms with Crippen LogP contribution in [0.1, 0.15) is 5.56 Å². The first kappa shape index (κ1) is 16.9. The number of nitrogens with one attached hydrogen (secondary N) is 1. The lowest BCUT2D eigenvalue weighted by Crippen LogP contribution is -2.22. The number of benzene rings is 2. The summed E-state index contributed by atoms with van der Waals surface area (Å²) in [6.45, 7) is 1.86. The Bertz CT molecular complexity index is 1010. The molecule has 0 fully saturated rings. The molecule has 2 aromatic carbocycles. The van der Waals surface area contributed by atoms with Gasteiger partial charge in [-0.25, -0.2) is 13.4 Å². The number of aryl methyl sites for hydroxylation is 1. The van der Waals surface area contributed by atoms with Crippen molar-refractivity contribution in [3.63, 3.8) is 0 Å². The van der Waals surface area contributed by atoms with Crippen LogP contribution in [0.25, 0.3) is 10.2 Å². The third-order valence-corrected chi connectivity index (χ3v) is 6.10. The Morgan fingerprint density at radius 1 is 1.21 bits per heavy atom. The summed E-state index contributed by atoms with van der Waals surface area (Å²) in [5.41, 5.74) is 1.65. The molecule has 1 N–H and O–H groups in total. The highest BCUT2D eigenvalue weighted by Gasteiger charge is 2.20. The van der Waals surface area contributed by atoms with Crippen molar-refractivity contribution in [2.24, 2.45) is 0 Å². The Morgan fingerprint density at radius 2 is 1.92 bits per heavy atom. The first-order valence-electron chi connectivity index (χ1n) is 6.99. The molecule has 3 rings (SSSR count). The van der Waals surface area contributed by atoms with E-state index in [0.29, 0.717) is 15.7 Å². The molecule has 0 aliphatic carbocycles. The third-order valence-electron chi connectivity index (χ3n) is 3.30. The maximum absolute atomic E-state index is 12.3. The van der Waals surface area contributed by atoms with Gasteiger partial charge in [-0.3, -0.25) is 4.79 Å². The van der Waals surface area contributed by atoms with E-state index in [4.69, 9.17) is 11.6 Å². The van der Waals surface area contributed by atoms with Crippen molar-refractivity contribution in [3.8, 4) is 0 Å². The molecule has 1 aromatic heterocycles. The van der Waals surface area contributed by atoms with E-state index in [1.165, 1.54) is 23.5 Å². The van der Waals surface area contributed by atoms with E-state index in [0.717, 1.165) is 10.3 Å². The molecule has 0 unspecified atom stereocenters. The van der Waals surface area contributed by atoms with Gasteiger partial charge in [0.25, 0.3) is 0 Å². The molecule has 1 heterocycles. The Kier molecular flexibility index (Phi) is 4.58. The zero-order valence-corrected chi connectivity index (χ0v) is 15.0. The first-order chi connectivity index (χ1) is 11.3. The fourth-order valence-corrected chi connectivity index (χ4v) is 4.40. The third kappa shape index (κ3) is 3.75. The van der Waals surface area contributed by atoms with Crippen LogP contribution in [0.15, 0.2) is 47.4 Å². The van der Waals surface area contributed by atoms with Gasteiger partial charge < -0.3 is 5.32 Å². The van der Waals surface area contributed by atoms with Gasteiger partial charge >= 0.3 is 0 Å². The average molecular weight is 381 g/mol. The van der Waals surface area contributed by atoms with Crippen LogP contribution >= 0.6 is 22.9 Å². The molecule has 24 heavy (non-hydrogen) atoms. The number of hydrogen-bond acceptors (Lipinski definition) is 5. The van der Waals surface area contributed by atoms with Gasteiger partial charge in [-0.1, -0.05) is 40.6 Å². The van der Waals surface area contributed by atoms with E-state index in [-0.39, 0.29) is 4.90 Å². The van der Waals surface area contributed by atoms with E-state index in [1.807, 2.05) is 6.92 Å². The number of aromatic nitrogens is 1. The minimum Gasteiger partial charge on any atom is -0.301 e. The number of fused-ring (bicyclic) bond motifs is 1. The predicted octanol–water partition coefficient (Wildman–Crippen LogP) is 3.67. The molecule has 5 nitrogen and oxygen atoms in total. The van der Waals surface area contributed by atoms with E-state index in [1.54, 1.807) is 30.3 Å². The summed E-state index contributed by atoms with van der Waals surface area (Å²) < 4.78 is 25.3. The van der Waals surface area contributed by atoms with Crippen molar-refractivity contribution in [2.45, 2.75) is 11.8 Å². The van der Waals surface area contributed by atoms with Crippen molar-refractivity contribution in [1.29, 1.82) is 0 Å². The van der Waals surface area contributed by atoms with Crippen LogP contribution in [0.4, 0.5) is 5.13 Å². The van der Waals surface area contributed by atoms with Crippen LogP contribution < -0.4 is 5.32 Å². The maximum Gasteiger partial charge on any atom is 0.241 e. The number of carbonyl (C=O) groups excluding carboxylic acids is 1. The van der Waals surface area contributed by atoms with Crippen LogP contribution in [0, 0.1) is 6.92 Å². The lowest BCUT2D eigenvalue weighted by Gasteiger charge is -2.04. The van der Waals surface area contributed by atoms with Gasteiger partial charge in [0.05, 0.1) is 15.1 Å². The number of nitrogens with zero attached hydrogens (tertiary/aromatic N) is 1. The number of anilines is 1. The van der Waals surface area contributed by atoms with Crippen molar-refractivity contribution in [2.75, 3.05) is 11.1 Å². The van der Waals surface area contributed by atoms with Crippen LogP contribution in [-0.2, 0) is 14.6 Å². The monoisotopic (exact) mass is 380 g/mol. The predicted molar refractivity (Wildman–Crippen MR) is 96.5 cm³/mol. The summed E-state index contributed by atoms with van der Waals surface area (Å²) in [4.78, 5) is 16.4. The van der Waals surface area contributed by atoms with Crippen LogP contribution in [0.5, 0.6) is 0 Å². The molecule has 1 amide bonds. The topological polar surface area (TPSA) is 76.1 Å². The Hall–Kier alpha value is -1.96. The van der Waals surface area contributed by atoms with Crippen molar-refractivity contribution >= 4 is 54.0 Å². The molecule has 0 saturated carbocycles. The number of halogens is 1. The number of thiazole rings is 1. The quantitative estimate of drug-likeness (QED) is 0.749. The minimum atomic E-state index is -3.69. The second-order valence-corrected chi connectivity index (χ2v) is 8.71. The fourth-order valence-electron chi connectivity index (χ4n) is 2.11. The summed E-state index contributed by atoms with van der Waals surface area (Å²) >= 11 is 7.15. The molecule has 0 aliphatic heterocycles. The lowest BCUT2D eigenvalue weighted by molar-refractivity contribution is -0.113. The molecular formula is C16H13ClN2O3S2. The summed E-state index contributed by atoms with van der Waals surface area (Å²) in [7, 11) is -3.69. The molecule has 0 spiro atoms. The molecule has 0 bridgehead atoms. The van der Waals surface area contributed by atoms with Crippen LogP contribution in [0.3, 0.4) is 0 Å². The largest absolute Gasteiger partial charge is 0.301 e. The molecule has 0 aliphatic rings. The molecular weight excluding hydrogens is 368 g/mol. The van der Waals surface area contributed by atoms with Gasteiger partial charge in [0.2, 0.25) is 5.91 Å². The van der Waals surface area contributed by atoms with Gasteiger partial charge in [-0.2, -0.15) is 0 Å². The van der Waals surface area contributed by atoms with Crippen molar-refractivity contribution in [3.05, 3.63) is 53.1 Å². The van der Waals surface area contributed by atoms with E-state index in [9.17, 15) is 13.2 Å². The minimum absolute atomic E-state index is 0.124. The summed E-state index contributed by atoms with van der Waals surface area (Å²) in [5, 5.41) is 3.45. The van der Waals surface area contributed by atoms with Gasteiger partial charge in [0, 0.05) is 5.02 Å². The molecule has 0 radical (unpaired) electrons. The Morgan fingerprint density at radius 3 is 2.62 bits per heavy atom. The van der Waals surface area contributed by atoms with E-state index in [2.05, 4.69) is 10.3 Å². The highest BCUT2D eigenvalue weighted by molar-refractivity contribution is 7.92. The Balaban J connectivity index is 1.75.